The van der Waals surface area contributed by atoms with Crippen molar-refractivity contribution in [2.24, 2.45) is 0 Å². The van der Waals surface area contributed by atoms with Crippen LogP contribution in [0, 0.1) is 17.0 Å². The monoisotopic (exact) mass is 438 g/mol. The number of nitro benzene ring substituents is 1. The number of nitrogens with zero attached hydrogens (tertiary/aromatic N) is 1. The van der Waals surface area contributed by atoms with Crippen LogP contribution >= 0.6 is 11.6 Å². The molecule has 1 saturated heterocycles. The lowest BCUT2D eigenvalue weighted by molar-refractivity contribution is -0.385. The highest BCUT2D eigenvalue weighted by Crippen LogP contribution is 2.31. The first-order valence-corrected chi connectivity index (χ1v) is 10.0. The quantitative estimate of drug-likeness (QED) is 0.371. The van der Waals surface area contributed by atoms with Crippen LogP contribution in [0.15, 0.2) is 41.3 Å². The maximum absolute atomic E-state index is 12.7. The fourth-order valence-corrected chi connectivity index (χ4v) is 4.21. The smallest absolute Gasteiger partial charge is 0.320 e. The van der Waals surface area contributed by atoms with Crippen LogP contribution < -0.4 is 15.4 Å². The molecular formula is C17H15ClN4O6S. The number of hydrogen-bond acceptors (Lipinski definition) is 6. The normalized spacial score (nSPS) is 18.9. The summed E-state index contributed by atoms with van der Waals surface area (Å²) in [5.74, 6) is -0.580. The van der Waals surface area contributed by atoms with Gasteiger partial charge in [-0.2, -0.15) is 0 Å². The highest BCUT2D eigenvalue weighted by Gasteiger charge is 2.43. The fraction of sp³-hybridized carbons (Fsp3) is 0.176. The van der Waals surface area contributed by atoms with Gasteiger partial charge in [-0.3, -0.25) is 24.9 Å². The molecule has 29 heavy (non-hydrogen) atoms. The topological polar surface area (TPSA) is 148 Å². The van der Waals surface area contributed by atoms with Crippen molar-refractivity contribution >= 4 is 44.9 Å². The molecule has 12 heteroatoms. The number of hydrogen-bond donors (Lipinski definition) is 3. The number of sulfonamides is 1. The minimum absolute atomic E-state index is 0.0637. The minimum Gasteiger partial charge on any atom is -0.320 e. The van der Waals surface area contributed by atoms with Gasteiger partial charge in [0, 0.05) is 17.3 Å². The number of carbonyl (C=O) groups excluding carboxylic acids is 2. The van der Waals surface area contributed by atoms with Crippen molar-refractivity contribution in [3.63, 3.8) is 0 Å². The van der Waals surface area contributed by atoms with E-state index >= 15 is 0 Å². The number of benzene rings is 2. The first-order chi connectivity index (χ1) is 13.4. The summed E-state index contributed by atoms with van der Waals surface area (Å²) in [4.78, 5) is 33.6. The third-order valence-electron chi connectivity index (χ3n) is 4.53. The number of halogens is 1. The van der Waals surface area contributed by atoms with E-state index in [2.05, 4.69) is 15.4 Å². The fourth-order valence-electron chi connectivity index (χ4n) is 2.84. The molecule has 3 rings (SSSR count). The molecule has 1 fully saturated rings. The molecule has 1 heterocycles. The van der Waals surface area contributed by atoms with Crippen LogP contribution in [-0.4, -0.2) is 25.3 Å². The van der Waals surface area contributed by atoms with Gasteiger partial charge in [-0.1, -0.05) is 23.7 Å². The predicted molar refractivity (Wildman–Crippen MR) is 104 cm³/mol. The van der Waals surface area contributed by atoms with Crippen LogP contribution in [0.1, 0.15) is 18.1 Å². The number of imide groups is 1. The molecule has 0 aromatic heterocycles. The summed E-state index contributed by atoms with van der Waals surface area (Å²) < 4.78 is 27.8. The van der Waals surface area contributed by atoms with E-state index in [1.54, 1.807) is 6.07 Å². The van der Waals surface area contributed by atoms with Gasteiger partial charge in [0.25, 0.3) is 21.6 Å². The van der Waals surface area contributed by atoms with Crippen molar-refractivity contribution < 1.29 is 22.9 Å². The Morgan fingerprint density at radius 3 is 2.48 bits per heavy atom. The van der Waals surface area contributed by atoms with Gasteiger partial charge < -0.3 is 5.32 Å². The minimum atomic E-state index is -4.22. The molecule has 0 radical (unpaired) electrons. The zero-order valence-electron chi connectivity index (χ0n) is 15.1. The average molecular weight is 439 g/mol. The molecule has 2 aromatic rings. The van der Waals surface area contributed by atoms with Gasteiger partial charge in [-0.25, -0.2) is 13.2 Å². The standard InChI is InChI=1S/C17H15ClN4O6S/c1-9-13(18)7-12(8-14(9)22(25)26)29(27,28)21-11-5-3-4-10(6-11)17(2)15(23)19-16(24)20-17/h3-8,21H,1-2H3,(H2,19,20,23,24). The van der Waals surface area contributed by atoms with Crippen LogP contribution in [0.25, 0.3) is 0 Å². The van der Waals surface area contributed by atoms with Crippen molar-refractivity contribution in [3.8, 4) is 0 Å². The van der Waals surface area contributed by atoms with E-state index in [1.807, 2.05) is 0 Å². The number of rotatable bonds is 5. The molecular weight excluding hydrogens is 424 g/mol. The van der Waals surface area contributed by atoms with Crippen molar-refractivity contribution in [2.45, 2.75) is 24.3 Å². The lowest BCUT2D eigenvalue weighted by Gasteiger charge is -2.22. The summed E-state index contributed by atoms with van der Waals surface area (Å²) >= 11 is 5.95. The Morgan fingerprint density at radius 1 is 1.21 bits per heavy atom. The van der Waals surface area contributed by atoms with Crippen LogP contribution in [0.4, 0.5) is 16.2 Å². The van der Waals surface area contributed by atoms with Gasteiger partial charge in [0.1, 0.15) is 5.54 Å². The van der Waals surface area contributed by atoms with E-state index in [9.17, 15) is 28.1 Å². The van der Waals surface area contributed by atoms with E-state index in [1.165, 1.54) is 32.0 Å². The Bertz CT molecular complexity index is 1170. The first-order valence-electron chi connectivity index (χ1n) is 8.15. The van der Waals surface area contributed by atoms with E-state index in [0.717, 1.165) is 12.1 Å². The maximum Gasteiger partial charge on any atom is 0.322 e. The van der Waals surface area contributed by atoms with Crippen molar-refractivity contribution in [1.29, 1.82) is 0 Å². The molecule has 10 nitrogen and oxygen atoms in total. The lowest BCUT2D eigenvalue weighted by atomic mass is 9.92. The summed E-state index contributed by atoms with van der Waals surface area (Å²) in [6.07, 6.45) is 0. The van der Waals surface area contributed by atoms with E-state index in [4.69, 9.17) is 11.6 Å². The molecule has 1 aliphatic heterocycles. The van der Waals surface area contributed by atoms with Gasteiger partial charge in [0.15, 0.2) is 0 Å². The summed E-state index contributed by atoms with van der Waals surface area (Å²) in [5.41, 5.74) is -1.21. The highest BCUT2D eigenvalue weighted by atomic mass is 35.5. The Hall–Kier alpha value is -3.18. The Morgan fingerprint density at radius 2 is 1.90 bits per heavy atom. The van der Waals surface area contributed by atoms with Gasteiger partial charge in [0.2, 0.25) is 0 Å². The van der Waals surface area contributed by atoms with Crippen molar-refractivity contribution in [1.82, 2.24) is 10.6 Å². The molecule has 3 amide bonds. The van der Waals surface area contributed by atoms with E-state index < -0.39 is 38.1 Å². The third-order valence-corrected chi connectivity index (χ3v) is 6.29. The molecule has 0 saturated carbocycles. The summed E-state index contributed by atoms with van der Waals surface area (Å²) in [5, 5.41) is 15.7. The van der Waals surface area contributed by atoms with Gasteiger partial charge in [-0.05, 0) is 37.6 Å². The molecule has 2 aromatic carbocycles. The highest BCUT2D eigenvalue weighted by molar-refractivity contribution is 7.92. The molecule has 0 spiro atoms. The van der Waals surface area contributed by atoms with E-state index in [0.29, 0.717) is 5.56 Å². The Kier molecular flexibility index (Phi) is 4.97. The van der Waals surface area contributed by atoms with E-state index in [-0.39, 0.29) is 21.2 Å². The maximum atomic E-state index is 12.7. The Balaban J connectivity index is 1.98. The number of amides is 3. The number of carbonyl (C=O) groups is 2. The van der Waals surface area contributed by atoms with Crippen LogP contribution in [0.3, 0.4) is 0 Å². The second-order valence-electron chi connectivity index (χ2n) is 6.53. The molecule has 152 valence electrons. The molecule has 0 aliphatic carbocycles. The summed E-state index contributed by atoms with van der Waals surface area (Å²) in [7, 11) is -4.22. The third kappa shape index (κ3) is 3.74. The second-order valence-corrected chi connectivity index (χ2v) is 8.62. The van der Waals surface area contributed by atoms with Gasteiger partial charge in [0.05, 0.1) is 14.8 Å². The van der Waals surface area contributed by atoms with Crippen molar-refractivity contribution in [2.75, 3.05) is 4.72 Å². The first kappa shape index (κ1) is 20.6. The number of urea groups is 1. The largest absolute Gasteiger partial charge is 0.322 e. The Labute approximate surface area is 170 Å². The van der Waals surface area contributed by atoms with Crippen LogP contribution in [0.2, 0.25) is 5.02 Å². The van der Waals surface area contributed by atoms with Crippen molar-refractivity contribution in [3.05, 3.63) is 62.7 Å². The van der Waals surface area contributed by atoms with Gasteiger partial charge >= 0.3 is 6.03 Å². The summed E-state index contributed by atoms with van der Waals surface area (Å²) in [6, 6.07) is 7.24. The number of nitrogens with one attached hydrogen (secondary N) is 3. The van der Waals surface area contributed by atoms with Gasteiger partial charge in [-0.15, -0.1) is 0 Å². The lowest BCUT2D eigenvalue weighted by Crippen LogP contribution is -2.40. The molecule has 1 unspecified atom stereocenters. The average Bonchev–Trinajstić information content (AvgIpc) is 2.89. The molecule has 1 aliphatic rings. The molecule has 1 atom stereocenters. The second kappa shape index (κ2) is 7.01. The number of nitro groups is 1. The zero-order valence-corrected chi connectivity index (χ0v) is 16.7. The molecule has 3 N–H and O–H groups in total. The molecule has 0 bridgehead atoms. The zero-order chi connectivity index (χ0) is 21.6. The summed E-state index contributed by atoms with van der Waals surface area (Å²) in [6.45, 7) is 2.89. The predicted octanol–water partition coefficient (Wildman–Crippen LogP) is 2.41. The van der Waals surface area contributed by atoms with Crippen LogP contribution in [-0.2, 0) is 20.4 Å². The van der Waals surface area contributed by atoms with Crippen LogP contribution in [0.5, 0.6) is 0 Å². The SMILES string of the molecule is Cc1c(Cl)cc(S(=O)(=O)Nc2cccc(C3(C)NC(=O)NC3=O)c2)cc1[N+](=O)[O-]. The number of anilines is 1.